The largest absolute Gasteiger partial charge is 0.388 e. The molecule has 0 spiro atoms. The highest BCUT2D eigenvalue weighted by atomic mass is 16.3. The Morgan fingerprint density at radius 1 is 0.548 bits per heavy atom. The van der Waals surface area contributed by atoms with E-state index in [9.17, 15) is 5.11 Å². The van der Waals surface area contributed by atoms with Gasteiger partial charge in [0, 0.05) is 0 Å². The van der Waals surface area contributed by atoms with E-state index in [0.717, 1.165) is 16.7 Å². The third-order valence-electron chi connectivity index (χ3n) is 6.03. The molecule has 1 nitrogen and oxygen atoms in total. The highest BCUT2D eigenvalue weighted by molar-refractivity contribution is 5.96. The van der Waals surface area contributed by atoms with Gasteiger partial charge in [0.2, 0.25) is 0 Å². The molecule has 4 rings (SSSR count). The molecule has 0 radical (unpaired) electrons. The minimum atomic E-state index is -0.507. The van der Waals surface area contributed by atoms with Crippen LogP contribution in [0.15, 0.2) is 84.9 Å². The van der Waals surface area contributed by atoms with E-state index in [0.29, 0.717) is 6.42 Å². The van der Waals surface area contributed by atoms with Gasteiger partial charge < -0.3 is 5.11 Å². The summed E-state index contributed by atoms with van der Waals surface area (Å²) in [5, 5.41) is 10.9. The van der Waals surface area contributed by atoms with Gasteiger partial charge in [-0.15, -0.1) is 0 Å². The second-order valence-corrected chi connectivity index (χ2v) is 8.47. The maximum absolute atomic E-state index is 10.9. The van der Waals surface area contributed by atoms with Gasteiger partial charge in [-0.25, -0.2) is 0 Å². The average molecular weight is 407 g/mol. The summed E-state index contributed by atoms with van der Waals surface area (Å²) in [6.45, 7) is 8.37. The van der Waals surface area contributed by atoms with E-state index in [4.69, 9.17) is 0 Å². The molecule has 0 aromatic heterocycles. The molecule has 0 aliphatic rings. The summed E-state index contributed by atoms with van der Waals surface area (Å²) in [6, 6.07) is 30.3. The Hall–Kier alpha value is -3.16. The molecule has 0 saturated heterocycles. The maximum Gasteiger partial charge on any atom is 0.0793 e. The summed E-state index contributed by atoms with van der Waals surface area (Å²) in [4.78, 5) is 0. The Morgan fingerprint density at radius 3 is 1.42 bits per heavy atom. The fourth-order valence-corrected chi connectivity index (χ4v) is 4.14. The Bertz CT molecular complexity index is 1170. The maximum atomic E-state index is 10.9. The Kier molecular flexibility index (Phi) is 6.06. The number of aliphatic hydroxyl groups is 1. The fourth-order valence-electron chi connectivity index (χ4n) is 4.14. The van der Waals surface area contributed by atoms with Crippen LogP contribution in [0.1, 0.15) is 41.7 Å². The van der Waals surface area contributed by atoms with Crippen molar-refractivity contribution in [3.05, 3.63) is 107 Å². The number of rotatable bonds is 5. The van der Waals surface area contributed by atoms with E-state index < -0.39 is 6.10 Å². The lowest BCUT2D eigenvalue weighted by Gasteiger charge is -2.23. The third kappa shape index (κ3) is 4.33. The van der Waals surface area contributed by atoms with Crippen LogP contribution in [0.2, 0.25) is 0 Å². The molecule has 1 N–H and O–H groups in total. The van der Waals surface area contributed by atoms with Gasteiger partial charge in [-0.2, -0.15) is 0 Å². The highest BCUT2D eigenvalue weighted by Crippen LogP contribution is 2.44. The predicted molar refractivity (Wildman–Crippen MR) is 132 cm³/mol. The van der Waals surface area contributed by atoms with Crippen LogP contribution in [0.5, 0.6) is 0 Å². The third-order valence-corrected chi connectivity index (χ3v) is 6.03. The van der Waals surface area contributed by atoms with Gasteiger partial charge in [0.1, 0.15) is 0 Å². The van der Waals surface area contributed by atoms with Gasteiger partial charge in [-0.05, 0) is 66.1 Å². The molecule has 0 aliphatic carbocycles. The molecule has 0 amide bonds. The normalized spacial score (nSPS) is 12.0. The van der Waals surface area contributed by atoms with Crippen LogP contribution in [0.25, 0.3) is 33.4 Å². The summed E-state index contributed by atoms with van der Waals surface area (Å²) < 4.78 is 0. The van der Waals surface area contributed by atoms with Crippen LogP contribution in [0.4, 0.5) is 0 Å². The van der Waals surface area contributed by atoms with Crippen molar-refractivity contribution < 1.29 is 5.11 Å². The second kappa shape index (κ2) is 8.91. The van der Waals surface area contributed by atoms with Crippen molar-refractivity contribution in [2.45, 2.75) is 40.2 Å². The topological polar surface area (TPSA) is 20.2 Å². The van der Waals surface area contributed by atoms with Crippen LogP contribution < -0.4 is 0 Å². The van der Waals surface area contributed by atoms with Gasteiger partial charge in [-0.3, -0.25) is 0 Å². The highest BCUT2D eigenvalue weighted by Gasteiger charge is 2.21. The summed E-state index contributed by atoms with van der Waals surface area (Å²) in [5.41, 5.74) is 11.7. The number of aliphatic hydroxyl groups excluding tert-OH is 1. The first-order chi connectivity index (χ1) is 15.0. The van der Waals surface area contributed by atoms with E-state index >= 15 is 0 Å². The van der Waals surface area contributed by atoms with Gasteiger partial charge in [0.25, 0.3) is 0 Å². The summed E-state index contributed by atoms with van der Waals surface area (Å²) in [5.74, 6) is 0. The van der Waals surface area contributed by atoms with Gasteiger partial charge in [0.05, 0.1) is 6.10 Å². The lowest BCUT2D eigenvalue weighted by Crippen LogP contribution is -2.02. The molecule has 1 heteroatoms. The summed E-state index contributed by atoms with van der Waals surface area (Å²) in [7, 11) is 0. The van der Waals surface area contributed by atoms with Crippen LogP contribution in [0, 0.1) is 20.8 Å². The molecule has 0 bridgehead atoms. The molecule has 0 unspecified atom stereocenters. The monoisotopic (exact) mass is 406 g/mol. The first kappa shape index (κ1) is 21.1. The predicted octanol–water partition coefficient (Wildman–Crippen LogP) is 8.06. The zero-order valence-electron chi connectivity index (χ0n) is 18.8. The standard InChI is InChI=1S/C30H30O/c1-5-28(31)27-19-18-26(23-12-6-20(2)7-13-23)29(24-14-8-21(3)9-15-24)30(27)25-16-10-22(4)11-17-25/h6-19,28,31H,5H2,1-4H3/t28-/m0/s1. The molecule has 0 heterocycles. The molecular weight excluding hydrogens is 376 g/mol. The summed E-state index contributed by atoms with van der Waals surface area (Å²) >= 11 is 0. The van der Waals surface area contributed by atoms with Crippen molar-refractivity contribution in [1.82, 2.24) is 0 Å². The van der Waals surface area contributed by atoms with Crippen LogP contribution >= 0.6 is 0 Å². The van der Waals surface area contributed by atoms with Gasteiger partial charge in [-0.1, -0.05) is 109 Å². The summed E-state index contributed by atoms with van der Waals surface area (Å²) in [6.07, 6.45) is 0.170. The first-order valence-corrected chi connectivity index (χ1v) is 11.0. The van der Waals surface area contributed by atoms with E-state index in [2.05, 4.69) is 106 Å². The van der Waals surface area contributed by atoms with Crippen LogP contribution in [-0.4, -0.2) is 5.11 Å². The number of hydrogen-bond donors (Lipinski definition) is 1. The Balaban J connectivity index is 2.09. The van der Waals surface area contributed by atoms with Crippen molar-refractivity contribution in [1.29, 1.82) is 0 Å². The van der Waals surface area contributed by atoms with Crippen LogP contribution in [0.3, 0.4) is 0 Å². The van der Waals surface area contributed by atoms with E-state index in [1.54, 1.807) is 0 Å². The zero-order valence-corrected chi connectivity index (χ0v) is 18.8. The minimum absolute atomic E-state index is 0.507. The quantitative estimate of drug-likeness (QED) is 0.355. The van der Waals surface area contributed by atoms with Crippen molar-refractivity contribution in [2.24, 2.45) is 0 Å². The molecule has 0 fully saturated rings. The van der Waals surface area contributed by atoms with E-state index in [-0.39, 0.29) is 0 Å². The van der Waals surface area contributed by atoms with Crippen molar-refractivity contribution in [3.63, 3.8) is 0 Å². The molecule has 4 aromatic rings. The Labute approximate surface area is 186 Å². The number of hydrogen-bond acceptors (Lipinski definition) is 1. The minimum Gasteiger partial charge on any atom is -0.388 e. The molecule has 0 saturated carbocycles. The van der Waals surface area contributed by atoms with E-state index in [1.807, 2.05) is 6.92 Å². The van der Waals surface area contributed by atoms with Crippen molar-refractivity contribution in [2.75, 3.05) is 0 Å². The zero-order chi connectivity index (χ0) is 22.0. The van der Waals surface area contributed by atoms with E-state index in [1.165, 1.54) is 38.9 Å². The lowest BCUT2D eigenvalue weighted by atomic mass is 9.82. The van der Waals surface area contributed by atoms with Crippen molar-refractivity contribution in [3.8, 4) is 33.4 Å². The van der Waals surface area contributed by atoms with Crippen LogP contribution in [-0.2, 0) is 0 Å². The molecule has 156 valence electrons. The lowest BCUT2D eigenvalue weighted by molar-refractivity contribution is 0.174. The smallest absolute Gasteiger partial charge is 0.0793 e. The fraction of sp³-hybridized carbons (Fsp3) is 0.200. The molecule has 1 atom stereocenters. The Morgan fingerprint density at radius 2 is 0.968 bits per heavy atom. The van der Waals surface area contributed by atoms with Gasteiger partial charge >= 0.3 is 0 Å². The average Bonchev–Trinajstić information content (AvgIpc) is 2.79. The number of benzene rings is 4. The molecule has 31 heavy (non-hydrogen) atoms. The SMILES string of the molecule is CC[C@H](O)c1ccc(-c2ccc(C)cc2)c(-c2ccc(C)cc2)c1-c1ccc(C)cc1. The molecule has 4 aromatic carbocycles. The molecule has 0 aliphatic heterocycles. The first-order valence-electron chi connectivity index (χ1n) is 11.0. The second-order valence-electron chi connectivity index (χ2n) is 8.47. The van der Waals surface area contributed by atoms with Gasteiger partial charge in [0.15, 0.2) is 0 Å². The number of aryl methyl sites for hydroxylation is 3. The molecular formula is C30H30O. The van der Waals surface area contributed by atoms with Crippen molar-refractivity contribution >= 4 is 0 Å².